The number of hydrogen-bond donors (Lipinski definition) is 1. The molecule has 3 heterocycles. The molecule has 0 aliphatic carbocycles. The highest BCUT2D eigenvalue weighted by Gasteiger charge is 2.30. The predicted octanol–water partition coefficient (Wildman–Crippen LogP) is 2.99. The molecule has 2 saturated heterocycles. The maximum Gasteiger partial charge on any atom is 0.230 e. The fourth-order valence-electron chi connectivity index (χ4n) is 4.04. The van der Waals surface area contributed by atoms with Crippen LogP contribution in [-0.2, 0) is 6.54 Å². The number of hydrogen-bond acceptors (Lipinski definition) is 6. The highest BCUT2D eigenvalue weighted by atomic mass is 16.5. The van der Waals surface area contributed by atoms with Crippen LogP contribution < -0.4 is 14.8 Å². The van der Waals surface area contributed by atoms with Crippen molar-refractivity contribution in [2.75, 3.05) is 27.3 Å². The molecule has 140 valence electrons. The number of likely N-dealkylation sites (tertiary alicyclic amines) is 1. The number of methoxy groups -OCH3 is 2. The average Bonchev–Trinajstić information content (AvgIpc) is 3.18. The van der Waals surface area contributed by atoms with E-state index in [0.29, 0.717) is 18.0 Å². The Morgan fingerprint density at radius 3 is 2.85 bits per heavy atom. The van der Waals surface area contributed by atoms with Crippen molar-refractivity contribution in [2.45, 2.75) is 44.8 Å². The maximum absolute atomic E-state index is 5.99. The van der Waals surface area contributed by atoms with Crippen molar-refractivity contribution in [2.24, 2.45) is 0 Å². The normalized spacial score (nSPS) is 23.0. The van der Waals surface area contributed by atoms with E-state index in [4.69, 9.17) is 18.9 Å². The standard InChI is InChI=1S/C20H27N3O3/c1-13-18(12-23-9-8-14-4-5-15(11-23)21-14)22-20(26-13)17-10-16(24-2)6-7-19(17)25-3/h6-7,10,14-15,21H,4-5,8-9,11-12H2,1-3H3/t14-,15+/m1/s1. The highest BCUT2D eigenvalue weighted by Crippen LogP contribution is 2.34. The molecule has 2 atom stereocenters. The lowest BCUT2D eigenvalue weighted by molar-refractivity contribution is 0.247. The van der Waals surface area contributed by atoms with Gasteiger partial charge in [0.25, 0.3) is 0 Å². The summed E-state index contributed by atoms with van der Waals surface area (Å²) in [4.78, 5) is 7.28. The van der Waals surface area contributed by atoms with E-state index in [0.717, 1.165) is 48.2 Å². The highest BCUT2D eigenvalue weighted by molar-refractivity contribution is 5.65. The maximum atomic E-state index is 5.99. The largest absolute Gasteiger partial charge is 0.497 e. The summed E-state index contributed by atoms with van der Waals surface area (Å²) < 4.78 is 16.8. The summed E-state index contributed by atoms with van der Waals surface area (Å²) in [5.74, 6) is 2.94. The minimum absolute atomic E-state index is 0.586. The Bertz CT molecular complexity index is 774. The molecule has 6 heteroatoms. The molecule has 2 aromatic rings. The van der Waals surface area contributed by atoms with E-state index in [1.165, 1.54) is 19.3 Å². The SMILES string of the molecule is COc1ccc(OC)c(-c2nc(CN3CC[C@H]4CC[C@@H](C3)N4)c(C)o2)c1. The van der Waals surface area contributed by atoms with Gasteiger partial charge in [-0.2, -0.15) is 0 Å². The number of nitrogens with zero attached hydrogens (tertiary/aromatic N) is 2. The summed E-state index contributed by atoms with van der Waals surface area (Å²) >= 11 is 0. The van der Waals surface area contributed by atoms with Crippen molar-refractivity contribution in [3.63, 3.8) is 0 Å². The summed E-state index contributed by atoms with van der Waals surface area (Å²) in [6.45, 7) is 5.01. The number of ether oxygens (including phenoxy) is 2. The molecular weight excluding hydrogens is 330 g/mol. The van der Waals surface area contributed by atoms with Crippen LogP contribution in [0.1, 0.15) is 30.7 Å². The molecule has 2 aliphatic rings. The van der Waals surface area contributed by atoms with Gasteiger partial charge in [0, 0.05) is 31.7 Å². The average molecular weight is 357 g/mol. The third-order valence-corrected chi connectivity index (χ3v) is 5.51. The number of oxazole rings is 1. The third-order valence-electron chi connectivity index (χ3n) is 5.51. The first kappa shape index (κ1) is 17.4. The Morgan fingerprint density at radius 2 is 2.04 bits per heavy atom. The van der Waals surface area contributed by atoms with Gasteiger partial charge in [-0.05, 0) is 44.4 Å². The van der Waals surface area contributed by atoms with Crippen LogP contribution in [0.4, 0.5) is 0 Å². The number of aryl methyl sites for hydroxylation is 1. The van der Waals surface area contributed by atoms with Gasteiger partial charge in [0.2, 0.25) is 5.89 Å². The van der Waals surface area contributed by atoms with Crippen LogP contribution in [0.25, 0.3) is 11.5 Å². The second-order valence-corrected chi connectivity index (χ2v) is 7.25. The van der Waals surface area contributed by atoms with Gasteiger partial charge in [0.1, 0.15) is 17.3 Å². The van der Waals surface area contributed by atoms with E-state index >= 15 is 0 Å². The van der Waals surface area contributed by atoms with Crippen LogP contribution in [0.3, 0.4) is 0 Å². The molecule has 0 amide bonds. The summed E-state index contributed by atoms with van der Waals surface area (Å²) in [5, 5.41) is 3.73. The summed E-state index contributed by atoms with van der Waals surface area (Å²) in [6.07, 6.45) is 3.82. The van der Waals surface area contributed by atoms with Gasteiger partial charge < -0.3 is 19.2 Å². The smallest absolute Gasteiger partial charge is 0.230 e. The molecule has 2 fully saturated rings. The molecule has 4 rings (SSSR count). The van der Waals surface area contributed by atoms with Gasteiger partial charge in [0.05, 0.1) is 25.5 Å². The second kappa shape index (κ2) is 7.29. The number of fused-ring (bicyclic) bond motifs is 2. The van der Waals surface area contributed by atoms with Gasteiger partial charge in [-0.1, -0.05) is 0 Å². The molecule has 26 heavy (non-hydrogen) atoms. The zero-order chi connectivity index (χ0) is 18.1. The molecule has 1 aromatic carbocycles. The lowest BCUT2D eigenvalue weighted by atomic mass is 10.1. The fourth-order valence-corrected chi connectivity index (χ4v) is 4.04. The third kappa shape index (κ3) is 3.44. The van der Waals surface area contributed by atoms with E-state index in [1.54, 1.807) is 14.2 Å². The molecule has 0 radical (unpaired) electrons. The topological polar surface area (TPSA) is 59.8 Å². The zero-order valence-electron chi connectivity index (χ0n) is 15.7. The molecule has 0 unspecified atom stereocenters. The van der Waals surface area contributed by atoms with E-state index in [9.17, 15) is 0 Å². The summed E-state index contributed by atoms with van der Waals surface area (Å²) in [5.41, 5.74) is 1.82. The molecule has 1 aromatic heterocycles. The van der Waals surface area contributed by atoms with Crippen molar-refractivity contribution in [3.8, 4) is 23.0 Å². The Kier molecular flexibility index (Phi) is 4.87. The lowest BCUT2D eigenvalue weighted by Crippen LogP contribution is -2.35. The molecule has 0 saturated carbocycles. The van der Waals surface area contributed by atoms with Gasteiger partial charge in [-0.25, -0.2) is 4.98 Å². The monoisotopic (exact) mass is 357 g/mol. The Balaban J connectivity index is 1.56. The Hall–Kier alpha value is -2.05. The second-order valence-electron chi connectivity index (χ2n) is 7.25. The van der Waals surface area contributed by atoms with Gasteiger partial charge >= 0.3 is 0 Å². The minimum Gasteiger partial charge on any atom is -0.497 e. The van der Waals surface area contributed by atoms with Crippen LogP contribution in [0.15, 0.2) is 22.6 Å². The first-order valence-electron chi connectivity index (χ1n) is 9.33. The minimum atomic E-state index is 0.586. The molecule has 6 nitrogen and oxygen atoms in total. The van der Waals surface area contributed by atoms with Crippen LogP contribution >= 0.6 is 0 Å². The molecule has 0 spiro atoms. The molecule has 1 N–H and O–H groups in total. The fraction of sp³-hybridized carbons (Fsp3) is 0.550. The molecule has 2 aliphatic heterocycles. The van der Waals surface area contributed by atoms with Crippen molar-refractivity contribution >= 4 is 0 Å². The summed E-state index contributed by atoms with van der Waals surface area (Å²) in [6, 6.07) is 6.97. The van der Waals surface area contributed by atoms with E-state index in [-0.39, 0.29) is 0 Å². The van der Waals surface area contributed by atoms with Crippen LogP contribution in [0, 0.1) is 6.92 Å². The van der Waals surface area contributed by atoms with Gasteiger partial charge in [0.15, 0.2) is 0 Å². The van der Waals surface area contributed by atoms with Gasteiger partial charge in [-0.3, -0.25) is 4.90 Å². The predicted molar refractivity (Wildman–Crippen MR) is 99.6 cm³/mol. The van der Waals surface area contributed by atoms with Gasteiger partial charge in [-0.15, -0.1) is 0 Å². The van der Waals surface area contributed by atoms with Crippen molar-refractivity contribution in [1.29, 1.82) is 0 Å². The van der Waals surface area contributed by atoms with E-state index in [2.05, 4.69) is 10.2 Å². The first-order chi connectivity index (χ1) is 12.7. The van der Waals surface area contributed by atoms with Crippen LogP contribution in [0.2, 0.25) is 0 Å². The number of aromatic nitrogens is 1. The number of rotatable bonds is 5. The lowest BCUT2D eigenvalue weighted by Gasteiger charge is -2.22. The van der Waals surface area contributed by atoms with E-state index < -0.39 is 0 Å². The van der Waals surface area contributed by atoms with Crippen molar-refractivity contribution < 1.29 is 13.9 Å². The Morgan fingerprint density at radius 1 is 1.19 bits per heavy atom. The Labute approximate surface area is 154 Å². The number of benzene rings is 1. The quantitative estimate of drug-likeness (QED) is 0.888. The molecule has 2 bridgehead atoms. The van der Waals surface area contributed by atoms with Crippen molar-refractivity contribution in [3.05, 3.63) is 29.7 Å². The first-order valence-corrected chi connectivity index (χ1v) is 9.33. The van der Waals surface area contributed by atoms with Crippen molar-refractivity contribution in [1.82, 2.24) is 15.2 Å². The van der Waals surface area contributed by atoms with E-state index in [1.807, 2.05) is 25.1 Å². The zero-order valence-corrected chi connectivity index (χ0v) is 15.7. The molecular formula is C20H27N3O3. The van der Waals surface area contributed by atoms with Crippen LogP contribution in [0.5, 0.6) is 11.5 Å². The summed E-state index contributed by atoms with van der Waals surface area (Å²) in [7, 11) is 3.31. The number of nitrogens with one attached hydrogen (secondary N) is 1. The van der Waals surface area contributed by atoms with Crippen LogP contribution in [-0.4, -0.2) is 49.3 Å².